The summed E-state index contributed by atoms with van der Waals surface area (Å²) in [6.45, 7) is 3.69. The molecule has 0 heterocycles. The Morgan fingerprint density at radius 2 is 1.85 bits per heavy atom. The van der Waals surface area contributed by atoms with Gasteiger partial charge in [0.1, 0.15) is 5.75 Å². The highest BCUT2D eigenvalue weighted by atomic mass is 35.5. The number of rotatable bonds is 7. The third-order valence-corrected chi connectivity index (χ3v) is 3.49. The van der Waals surface area contributed by atoms with Crippen molar-refractivity contribution in [1.82, 2.24) is 0 Å². The van der Waals surface area contributed by atoms with Crippen molar-refractivity contribution in [3.05, 3.63) is 59.1 Å². The predicted molar refractivity (Wildman–Crippen MR) is 85.8 cm³/mol. The molecule has 106 valence electrons. The smallest absolute Gasteiger partial charge is 0.119 e. The van der Waals surface area contributed by atoms with Crippen molar-refractivity contribution in [2.45, 2.75) is 19.8 Å². The van der Waals surface area contributed by atoms with Crippen molar-refractivity contribution >= 4 is 17.3 Å². The molecule has 0 unspecified atom stereocenters. The molecule has 2 rings (SSSR count). The van der Waals surface area contributed by atoms with Gasteiger partial charge in [0.2, 0.25) is 0 Å². The van der Waals surface area contributed by atoms with Crippen LogP contribution in [-0.2, 0) is 0 Å². The average molecular weight is 290 g/mol. The molecule has 0 fully saturated rings. The van der Waals surface area contributed by atoms with Crippen LogP contribution in [0.1, 0.15) is 18.4 Å². The summed E-state index contributed by atoms with van der Waals surface area (Å²) in [4.78, 5) is 0. The molecule has 0 bridgehead atoms. The van der Waals surface area contributed by atoms with Crippen LogP contribution in [-0.4, -0.2) is 13.2 Å². The van der Waals surface area contributed by atoms with E-state index in [1.165, 1.54) is 0 Å². The van der Waals surface area contributed by atoms with E-state index in [0.29, 0.717) is 0 Å². The number of aryl methyl sites for hydroxylation is 1. The molecule has 0 atom stereocenters. The van der Waals surface area contributed by atoms with Gasteiger partial charge in [-0.05, 0) is 49.6 Å². The van der Waals surface area contributed by atoms with Crippen LogP contribution in [0.5, 0.6) is 5.75 Å². The summed E-state index contributed by atoms with van der Waals surface area (Å²) in [7, 11) is 0. The van der Waals surface area contributed by atoms with Crippen LogP contribution in [0.25, 0.3) is 0 Å². The molecule has 0 radical (unpaired) electrons. The van der Waals surface area contributed by atoms with Gasteiger partial charge in [0.05, 0.1) is 6.61 Å². The molecule has 0 amide bonds. The molecule has 0 aliphatic carbocycles. The van der Waals surface area contributed by atoms with Gasteiger partial charge < -0.3 is 10.1 Å². The van der Waals surface area contributed by atoms with Crippen LogP contribution in [0, 0.1) is 6.92 Å². The van der Waals surface area contributed by atoms with Crippen molar-refractivity contribution in [1.29, 1.82) is 0 Å². The second-order valence-electron chi connectivity index (χ2n) is 4.76. The number of para-hydroxylation sites is 1. The zero-order valence-electron chi connectivity index (χ0n) is 11.7. The molecule has 3 heteroatoms. The number of benzene rings is 2. The Labute approximate surface area is 125 Å². The Morgan fingerprint density at radius 1 is 1.05 bits per heavy atom. The van der Waals surface area contributed by atoms with E-state index in [-0.39, 0.29) is 0 Å². The Morgan fingerprint density at radius 3 is 2.60 bits per heavy atom. The lowest BCUT2D eigenvalue weighted by atomic mass is 10.2. The SMILES string of the molecule is Cc1ccc(NCCCCOc2ccccc2)cc1Cl. The minimum Gasteiger partial charge on any atom is -0.494 e. The molecular formula is C17H20ClNO. The average Bonchev–Trinajstić information content (AvgIpc) is 2.47. The van der Waals surface area contributed by atoms with E-state index in [9.17, 15) is 0 Å². The second-order valence-corrected chi connectivity index (χ2v) is 5.17. The molecule has 0 saturated heterocycles. The first-order valence-corrected chi connectivity index (χ1v) is 7.31. The molecule has 2 aromatic carbocycles. The van der Waals surface area contributed by atoms with E-state index in [4.69, 9.17) is 16.3 Å². The molecule has 20 heavy (non-hydrogen) atoms. The lowest BCUT2D eigenvalue weighted by molar-refractivity contribution is 0.308. The van der Waals surface area contributed by atoms with Gasteiger partial charge in [-0.1, -0.05) is 35.9 Å². The number of halogens is 1. The highest BCUT2D eigenvalue weighted by molar-refractivity contribution is 6.31. The van der Waals surface area contributed by atoms with E-state index >= 15 is 0 Å². The summed E-state index contributed by atoms with van der Waals surface area (Å²) in [5.74, 6) is 0.936. The Balaban J connectivity index is 1.61. The van der Waals surface area contributed by atoms with Gasteiger partial charge in [-0.25, -0.2) is 0 Å². The minimum absolute atomic E-state index is 0.750. The number of hydrogen-bond acceptors (Lipinski definition) is 2. The first-order valence-electron chi connectivity index (χ1n) is 6.93. The highest BCUT2D eigenvalue weighted by Crippen LogP contribution is 2.19. The lowest BCUT2D eigenvalue weighted by Crippen LogP contribution is -2.04. The van der Waals surface area contributed by atoms with E-state index in [1.807, 2.05) is 49.4 Å². The second kappa shape index (κ2) is 7.81. The van der Waals surface area contributed by atoms with E-state index in [0.717, 1.165) is 48.0 Å². The predicted octanol–water partition coefficient (Wildman–Crippen LogP) is 4.92. The van der Waals surface area contributed by atoms with E-state index < -0.39 is 0 Å². The third kappa shape index (κ3) is 4.78. The minimum atomic E-state index is 0.750. The normalized spacial score (nSPS) is 10.3. The third-order valence-electron chi connectivity index (χ3n) is 3.08. The highest BCUT2D eigenvalue weighted by Gasteiger charge is 1.97. The van der Waals surface area contributed by atoms with Crippen molar-refractivity contribution in [3.8, 4) is 5.75 Å². The van der Waals surface area contributed by atoms with Crippen molar-refractivity contribution in [2.75, 3.05) is 18.5 Å². The van der Waals surface area contributed by atoms with Crippen molar-refractivity contribution < 1.29 is 4.74 Å². The monoisotopic (exact) mass is 289 g/mol. The molecule has 2 nitrogen and oxygen atoms in total. The quantitative estimate of drug-likeness (QED) is 0.731. The van der Waals surface area contributed by atoms with Crippen LogP contribution in [0.2, 0.25) is 5.02 Å². The van der Waals surface area contributed by atoms with Gasteiger partial charge in [-0.3, -0.25) is 0 Å². The molecule has 0 aliphatic rings. The Kier molecular flexibility index (Phi) is 5.75. The van der Waals surface area contributed by atoms with E-state index in [2.05, 4.69) is 11.4 Å². The topological polar surface area (TPSA) is 21.3 Å². The summed E-state index contributed by atoms with van der Waals surface area (Å²) < 4.78 is 5.64. The lowest BCUT2D eigenvalue weighted by Gasteiger charge is -2.09. The Hall–Kier alpha value is -1.67. The summed E-state index contributed by atoms with van der Waals surface area (Å²) in [5, 5.41) is 4.18. The van der Waals surface area contributed by atoms with Crippen LogP contribution >= 0.6 is 11.6 Å². The van der Waals surface area contributed by atoms with Gasteiger partial charge in [0.15, 0.2) is 0 Å². The summed E-state index contributed by atoms with van der Waals surface area (Å²) >= 11 is 6.08. The molecule has 0 spiro atoms. The maximum atomic E-state index is 6.08. The largest absolute Gasteiger partial charge is 0.494 e. The first-order chi connectivity index (χ1) is 9.75. The van der Waals surface area contributed by atoms with Gasteiger partial charge in [-0.15, -0.1) is 0 Å². The van der Waals surface area contributed by atoms with Crippen LogP contribution in [0.4, 0.5) is 5.69 Å². The standard InChI is InChI=1S/C17H20ClNO/c1-14-9-10-15(13-17(14)18)19-11-5-6-12-20-16-7-3-2-4-8-16/h2-4,7-10,13,19H,5-6,11-12H2,1H3. The fourth-order valence-electron chi connectivity index (χ4n) is 1.87. The molecule has 2 aromatic rings. The number of unbranched alkanes of at least 4 members (excludes halogenated alkanes) is 1. The van der Waals surface area contributed by atoms with Gasteiger partial charge in [0, 0.05) is 17.3 Å². The maximum absolute atomic E-state index is 6.08. The van der Waals surface area contributed by atoms with E-state index in [1.54, 1.807) is 0 Å². The molecule has 0 saturated carbocycles. The number of hydrogen-bond donors (Lipinski definition) is 1. The number of anilines is 1. The van der Waals surface area contributed by atoms with Crippen LogP contribution in [0.3, 0.4) is 0 Å². The maximum Gasteiger partial charge on any atom is 0.119 e. The summed E-state index contributed by atoms with van der Waals surface area (Å²) in [5.41, 5.74) is 2.18. The summed E-state index contributed by atoms with van der Waals surface area (Å²) in [6, 6.07) is 16.0. The van der Waals surface area contributed by atoms with Crippen molar-refractivity contribution in [3.63, 3.8) is 0 Å². The molecule has 0 aromatic heterocycles. The first kappa shape index (κ1) is 14.7. The molecule has 0 aliphatic heterocycles. The molecule has 1 N–H and O–H groups in total. The number of ether oxygens (including phenoxy) is 1. The van der Waals surface area contributed by atoms with Gasteiger partial charge in [0.25, 0.3) is 0 Å². The fourth-order valence-corrected chi connectivity index (χ4v) is 2.05. The Bertz CT molecular complexity index is 528. The van der Waals surface area contributed by atoms with Gasteiger partial charge >= 0.3 is 0 Å². The van der Waals surface area contributed by atoms with Crippen molar-refractivity contribution in [2.24, 2.45) is 0 Å². The van der Waals surface area contributed by atoms with Crippen LogP contribution in [0.15, 0.2) is 48.5 Å². The summed E-state index contributed by atoms with van der Waals surface area (Å²) in [6.07, 6.45) is 2.10. The zero-order valence-corrected chi connectivity index (χ0v) is 12.5. The van der Waals surface area contributed by atoms with Crippen LogP contribution < -0.4 is 10.1 Å². The zero-order chi connectivity index (χ0) is 14.2. The van der Waals surface area contributed by atoms with Gasteiger partial charge in [-0.2, -0.15) is 0 Å². The fraction of sp³-hybridized carbons (Fsp3) is 0.294. The number of nitrogens with one attached hydrogen (secondary N) is 1. The molecular weight excluding hydrogens is 270 g/mol.